The summed E-state index contributed by atoms with van der Waals surface area (Å²) >= 11 is 0. The van der Waals surface area contributed by atoms with Crippen LogP contribution in [0.4, 0.5) is 0 Å². The van der Waals surface area contributed by atoms with Crippen LogP contribution in [-0.2, 0) is 4.79 Å². The van der Waals surface area contributed by atoms with E-state index in [2.05, 4.69) is 74.5 Å². The summed E-state index contributed by atoms with van der Waals surface area (Å²) in [7, 11) is 0. The van der Waals surface area contributed by atoms with E-state index in [4.69, 9.17) is 0 Å². The molecule has 3 aliphatic rings. The van der Waals surface area contributed by atoms with Crippen LogP contribution in [0.3, 0.4) is 0 Å². The first-order valence-electron chi connectivity index (χ1n) is 8.65. The molecule has 0 saturated heterocycles. The van der Waals surface area contributed by atoms with Gasteiger partial charge in [-0.25, -0.2) is 0 Å². The lowest BCUT2D eigenvalue weighted by Gasteiger charge is -2.54. The van der Waals surface area contributed by atoms with E-state index < -0.39 is 0 Å². The molecule has 120 valence electrons. The normalized spacial score (nSPS) is 24.6. The van der Waals surface area contributed by atoms with Crippen LogP contribution >= 0.6 is 0 Å². The molecular weight excluding hydrogens is 292 g/mol. The summed E-state index contributed by atoms with van der Waals surface area (Å²) in [5.74, 6) is 1.08. The third kappa shape index (κ3) is 2.45. The molecule has 1 saturated carbocycles. The Hall–Kier alpha value is -2.41. The predicted octanol–water partition coefficient (Wildman–Crippen LogP) is 5.54. The van der Waals surface area contributed by atoms with Gasteiger partial charge in [0.1, 0.15) is 0 Å². The minimum atomic E-state index is 0.128. The van der Waals surface area contributed by atoms with Gasteiger partial charge in [0.2, 0.25) is 0 Å². The van der Waals surface area contributed by atoms with E-state index in [0.29, 0.717) is 11.7 Å². The molecule has 0 unspecified atom stereocenters. The van der Waals surface area contributed by atoms with Gasteiger partial charge in [0.05, 0.1) is 0 Å². The van der Waals surface area contributed by atoms with E-state index in [1.165, 1.54) is 22.3 Å². The van der Waals surface area contributed by atoms with Gasteiger partial charge in [-0.05, 0) is 46.1 Å². The quantitative estimate of drug-likeness (QED) is 0.727. The van der Waals surface area contributed by atoms with Gasteiger partial charge in [-0.15, -0.1) is 0 Å². The lowest BCUT2D eigenvalue weighted by molar-refractivity contribution is -0.133. The largest absolute Gasteiger partial charge is 0.295 e. The number of fused-ring (bicyclic) bond motifs is 1. The molecule has 5 rings (SSSR count). The second-order valence-electron chi connectivity index (χ2n) is 7.53. The lowest BCUT2D eigenvalue weighted by atomic mass is 9.48. The molecule has 0 radical (unpaired) electrons. The molecule has 0 aliphatic heterocycles. The van der Waals surface area contributed by atoms with Gasteiger partial charge in [0.25, 0.3) is 0 Å². The Morgan fingerprint density at radius 3 is 2.17 bits per heavy atom. The fraction of sp³-hybridized carbons (Fsp3) is 0.261. The molecule has 24 heavy (non-hydrogen) atoms. The number of hydrogen-bond acceptors (Lipinski definition) is 1. The topological polar surface area (TPSA) is 17.1 Å². The fourth-order valence-electron chi connectivity index (χ4n) is 4.11. The first kappa shape index (κ1) is 15.1. The fourth-order valence-corrected chi connectivity index (χ4v) is 4.11. The Bertz CT molecular complexity index is 822. The van der Waals surface area contributed by atoms with Crippen LogP contribution in [0.1, 0.15) is 25.8 Å². The van der Waals surface area contributed by atoms with Crippen molar-refractivity contribution >= 4 is 11.9 Å². The summed E-state index contributed by atoms with van der Waals surface area (Å²) in [5.41, 5.74) is 4.95. The van der Waals surface area contributed by atoms with Crippen LogP contribution in [0.15, 0.2) is 72.3 Å². The number of allylic oxidation sites excluding steroid dienone is 3. The van der Waals surface area contributed by atoms with E-state index in [1.807, 2.05) is 12.1 Å². The summed E-state index contributed by atoms with van der Waals surface area (Å²) in [4.78, 5) is 12.2. The summed E-state index contributed by atoms with van der Waals surface area (Å²) in [5, 5.41) is 0. The Morgan fingerprint density at radius 1 is 0.875 bits per heavy atom. The molecule has 2 aromatic rings. The number of rotatable bonds is 3. The van der Waals surface area contributed by atoms with Crippen molar-refractivity contribution in [2.75, 3.05) is 0 Å². The molecule has 3 aliphatic carbocycles. The van der Waals surface area contributed by atoms with Crippen LogP contribution in [0.25, 0.3) is 17.2 Å². The molecule has 2 bridgehead atoms. The van der Waals surface area contributed by atoms with Crippen LogP contribution in [0.5, 0.6) is 0 Å². The molecule has 0 N–H and O–H groups in total. The number of hydrogen-bond donors (Lipinski definition) is 0. The van der Waals surface area contributed by atoms with Crippen LogP contribution < -0.4 is 0 Å². The van der Waals surface area contributed by atoms with E-state index in [1.54, 1.807) is 0 Å². The SMILES string of the molecule is CC1(C)[C@@H]2C[C@H]1C(/C=C/c1ccc(-c3ccccc3)cc1)=CC2=O. The molecule has 2 atom stereocenters. The molecule has 0 heterocycles. The van der Waals surface area contributed by atoms with Crippen molar-refractivity contribution in [3.05, 3.63) is 77.9 Å². The second-order valence-corrected chi connectivity index (χ2v) is 7.53. The van der Waals surface area contributed by atoms with E-state index in [-0.39, 0.29) is 11.3 Å². The Morgan fingerprint density at radius 2 is 1.54 bits per heavy atom. The van der Waals surface area contributed by atoms with Gasteiger partial charge in [-0.1, -0.05) is 80.6 Å². The van der Waals surface area contributed by atoms with Crippen molar-refractivity contribution in [1.29, 1.82) is 0 Å². The first-order valence-corrected chi connectivity index (χ1v) is 8.65. The Balaban J connectivity index is 1.54. The molecule has 1 heteroatoms. The zero-order valence-corrected chi connectivity index (χ0v) is 14.2. The highest BCUT2D eigenvalue weighted by Crippen LogP contribution is 2.58. The van der Waals surface area contributed by atoms with Crippen LogP contribution in [0.2, 0.25) is 0 Å². The third-order valence-electron chi connectivity index (χ3n) is 5.81. The van der Waals surface area contributed by atoms with Gasteiger partial charge in [0, 0.05) is 5.92 Å². The monoisotopic (exact) mass is 314 g/mol. The smallest absolute Gasteiger partial charge is 0.159 e. The molecule has 1 fully saturated rings. The molecule has 1 nitrogen and oxygen atoms in total. The lowest BCUT2D eigenvalue weighted by Crippen LogP contribution is -2.52. The van der Waals surface area contributed by atoms with Crippen LogP contribution in [-0.4, -0.2) is 5.78 Å². The van der Waals surface area contributed by atoms with E-state index >= 15 is 0 Å². The zero-order chi connectivity index (χ0) is 16.7. The number of carbonyl (C=O) groups is 1. The highest BCUT2D eigenvalue weighted by atomic mass is 16.1. The standard InChI is InChI=1S/C23H22O/c1-23(2)20-15-21(23)22(24)14-19(20)13-10-16-8-11-18(12-9-16)17-6-4-3-5-7-17/h3-14,20-21H,15H2,1-2H3/b13-10+/t20-,21+/m0/s1. The zero-order valence-electron chi connectivity index (χ0n) is 14.2. The van der Waals surface area contributed by atoms with Gasteiger partial charge < -0.3 is 0 Å². The van der Waals surface area contributed by atoms with E-state index in [9.17, 15) is 4.79 Å². The minimum absolute atomic E-state index is 0.128. The Labute approximate surface area is 143 Å². The van der Waals surface area contributed by atoms with Crippen molar-refractivity contribution in [3.8, 4) is 11.1 Å². The van der Waals surface area contributed by atoms with Crippen molar-refractivity contribution in [3.63, 3.8) is 0 Å². The molecule has 0 amide bonds. The van der Waals surface area contributed by atoms with Gasteiger partial charge in [0.15, 0.2) is 5.78 Å². The summed E-state index contributed by atoms with van der Waals surface area (Å²) in [6, 6.07) is 19.0. The highest BCUT2D eigenvalue weighted by molar-refractivity contribution is 5.96. The second kappa shape index (κ2) is 5.59. The van der Waals surface area contributed by atoms with Crippen molar-refractivity contribution in [2.45, 2.75) is 20.3 Å². The van der Waals surface area contributed by atoms with Gasteiger partial charge in [-0.2, -0.15) is 0 Å². The number of carbonyl (C=O) groups excluding carboxylic acids is 1. The van der Waals surface area contributed by atoms with Crippen molar-refractivity contribution < 1.29 is 4.79 Å². The number of ketones is 1. The van der Waals surface area contributed by atoms with Crippen molar-refractivity contribution in [1.82, 2.24) is 0 Å². The molecule has 0 spiro atoms. The summed E-state index contributed by atoms with van der Waals surface area (Å²) in [6.45, 7) is 4.44. The minimum Gasteiger partial charge on any atom is -0.295 e. The van der Waals surface area contributed by atoms with E-state index in [0.717, 1.165) is 6.42 Å². The first-order chi connectivity index (χ1) is 11.6. The Kier molecular flexibility index (Phi) is 3.53. The maximum absolute atomic E-state index is 12.2. The van der Waals surface area contributed by atoms with Gasteiger partial charge in [-0.3, -0.25) is 4.79 Å². The summed E-state index contributed by atoms with van der Waals surface area (Å²) in [6.07, 6.45) is 7.15. The van der Waals surface area contributed by atoms with Crippen molar-refractivity contribution in [2.24, 2.45) is 17.3 Å². The number of benzene rings is 2. The highest BCUT2D eigenvalue weighted by Gasteiger charge is 2.54. The molecular formula is C23H22O. The molecule has 2 aromatic carbocycles. The average molecular weight is 314 g/mol. The predicted molar refractivity (Wildman–Crippen MR) is 99.4 cm³/mol. The summed E-state index contributed by atoms with van der Waals surface area (Å²) < 4.78 is 0. The maximum atomic E-state index is 12.2. The average Bonchev–Trinajstić information content (AvgIpc) is 2.60. The maximum Gasteiger partial charge on any atom is 0.159 e. The third-order valence-corrected chi connectivity index (χ3v) is 5.81. The molecule has 0 aromatic heterocycles. The van der Waals surface area contributed by atoms with Crippen LogP contribution in [0, 0.1) is 17.3 Å². The van der Waals surface area contributed by atoms with Gasteiger partial charge >= 0.3 is 0 Å².